The molecule has 0 unspecified atom stereocenters. The summed E-state index contributed by atoms with van der Waals surface area (Å²) in [6, 6.07) is 5.00. The molecule has 0 bridgehead atoms. The second-order valence-corrected chi connectivity index (χ2v) is 4.43. The Morgan fingerprint density at radius 1 is 1.31 bits per heavy atom. The number of aromatic nitrogens is 2. The van der Waals surface area contributed by atoms with Gasteiger partial charge in [-0.05, 0) is 12.1 Å². The van der Waals surface area contributed by atoms with Crippen LogP contribution in [0.2, 0.25) is 0 Å². The maximum Gasteiger partial charge on any atom is 0.443 e. The summed E-state index contributed by atoms with van der Waals surface area (Å²) in [5.41, 5.74) is 0.542. The predicted molar refractivity (Wildman–Crippen MR) is 57.7 cm³/mol. The van der Waals surface area contributed by atoms with Crippen molar-refractivity contribution < 1.29 is 13.2 Å². The largest absolute Gasteiger partial charge is 0.443 e. The molecule has 2 rings (SSSR count). The summed E-state index contributed by atoms with van der Waals surface area (Å²) in [4.78, 5) is 6.55. The molecule has 0 aromatic carbocycles. The highest BCUT2D eigenvalue weighted by Gasteiger charge is 2.34. The van der Waals surface area contributed by atoms with Crippen LogP contribution in [0, 0.1) is 4.64 Å². The highest BCUT2D eigenvalue weighted by Crippen LogP contribution is 2.35. The monoisotopic (exact) mass is 262 g/mol. The number of H-pyrrole nitrogens is 1. The summed E-state index contributed by atoms with van der Waals surface area (Å²) in [6.45, 7) is 0. The van der Waals surface area contributed by atoms with E-state index in [0.717, 1.165) is 0 Å². The molecule has 1 N–H and O–H groups in total. The van der Waals surface area contributed by atoms with Gasteiger partial charge in [0.05, 0.1) is 10.6 Å². The summed E-state index contributed by atoms with van der Waals surface area (Å²) < 4.78 is 37.4. The Bertz CT molecular complexity index is 556. The highest BCUT2D eigenvalue weighted by molar-refractivity contribution is 7.71. The zero-order valence-electron chi connectivity index (χ0n) is 7.71. The van der Waals surface area contributed by atoms with E-state index in [-0.39, 0.29) is 0 Å². The summed E-state index contributed by atoms with van der Waals surface area (Å²) >= 11 is 5.47. The molecule has 0 aliphatic carbocycles. The number of hydrogen-bond acceptors (Lipinski definition) is 3. The van der Waals surface area contributed by atoms with Crippen molar-refractivity contribution in [3.8, 4) is 10.6 Å². The molecule has 2 nitrogen and oxygen atoms in total. The second kappa shape index (κ2) is 3.99. The van der Waals surface area contributed by atoms with Gasteiger partial charge in [-0.3, -0.25) is 0 Å². The number of nitrogens with one attached hydrogen (secondary N) is 1. The smallest absolute Gasteiger partial charge is 0.345 e. The van der Waals surface area contributed by atoms with Gasteiger partial charge in [-0.2, -0.15) is 13.2 Å². The van der Waals surface area contributed by atoms with Crippen LogP contribution < -0.4 is 0 Å². The van der Waals surface area contributed by atoms with E-state index in [2.05, 4.69) is 9.97 Å². The molecule has 0 atom stereocenters. The molecule has 84 valence electrons. The van der Waals surface area contributed by atoms with Crippen molar-refractivity contribution in [2.75, 3.05) is 0 Å². The Balaban J connectivity index is 2.43. The first-order chi connectivity index (χ1) is 7.47. The van der Waals surface area contributed by atoms with Crippen molar-refractivity contribution in [3.05, 3.63) is 34.0 Å². The molecule has 0 spiro atoms. The Hall–Kier alpha value is -1.21. The topological polar surface area (TPSA) is 28.7 Å². The number of pyridine rings is 1. The van der Waals surface area contributed by atoms with Gasteiger partial charge in [-0.1, -0.05) is 18.3 Å². The molecule has 0 saturated carbocycles. The third-order valence-electron chi connectivity index (χ3n) is 1.78. The molecule has 0 saturated heterocycles. The van der Waals surface area contributed by atoms with Crippen molar-refractivity contribution in [3.63, 3.8) is 0 Å². The van der Waals surface area contributed by atoms with Crippen LogP contribution in [0.4, 0.5) is 13.2 Å². The van der Waals surface area contributed by atoms with E-state index in [1.807, 2.05) is 0 Å². The molecule has 16 heavy (non-hydrogen) atoms. The quantitative estimate of drug-likeness (QED) is 0.790. The van der Waals surface area contributed by atoms with Gasteiger partial charge in [0.1, 0.15) is 4.64 Å². The number of nitrogens with zero attached hydrogens (tertiary/aromatic N) is 1. The van der Waals surface area contributed by atoms with Gasteiger partial charge in [0.15, 0.2) is 5.01 Å². The first kappa shape index (κ1) is 11.3. The van der Waals surface area contributed by atoms with E-state index >= 15 is 0 Å². The number of thiazole rings is 1. The maximum atomic E-state index is 12.3. The van der Waals surface area contributed by atoms with Crippen molar-refractivity contribution in [2.24, 2.45) is 0 Å². The van der Waals surface area contributed by atoms with E-state index in [1.165, 1.54) is 6.20 Å². The molecule has 0 radical (unpaired) electrons. The molecule has 7 heteroatoms. The molecule has 2 aromatic heterocycles. The van der Waals surface area contributed by atoms with Crippen LogP contribution in [-0.2, 0) is 6.18 Å². The predicted octanol–water partition coefficient (Wildman–Crippen LogP) is 3.89. The summed E-state index contributed by atoms with van der Waals surface area (Å²) in [5.74, 6) is 0. The number of alkyl halides is 3. The van der Waals surface area contributed by atoms with Gasteiger partial charge in [0, 0.05) is 6.20 Å². The fourth-order valence-corrected chi connectivity index (χ4v) is 2.07. The fourth-order valence-electron chi connectivity index (χ4n) is 1.12. The SMILES string of the molecule is FC(F)(F)c1ncc(-c2cccc(=S)[nH]2)s1. The van der Waals surface area contributed by atoms with E-state index in [1.54, 1.807) is 18.2 Å². The molecular weight excluding hydrogens is 257 g/mol. The van der Waals surface area contributed by atoms with E-state index in [9.17, 15) is 13.2 Å². The normalized spacial score (nSPS) is 11.7. The second-order valence-electron chi connectivity index (χ2n) is 2.96. The minimum atomic E-state index is -4.39. The van der Waals surface area contributed by atoms with Crippen LogP contribution >= 0.6 is 23.6 Å². The molecule has 0 aliphatic rings. The molecular formula is C9H5F3N2S2. The van der Waals surface area contributed by atoms with Gasteiger partial charge >= 0.3 is 6.18 Å². The first-order valence-electron chi connectivity index (χ1n) is 4.19. The zero-order chi connectivity index (χ0) is 11.8. The lowest BCUT2D eigenvalue weighted by atomic mass is 10.3. The van der Waals surface area contributed by atoms with Crippen molar-refractivity contribution in [1.82, 2.24) is 9.97 Å². The minimum Gasteiger partial charge on any atom is -0.345 e. The molecule has 0 fully saturated rings. The van der Waals surface area contributed by atoms with Crippen LogP contribution in [0.1, 0.15) is 5.01 Å². The van der Waals surface area contributed by atoms with Crippen LogP contribution in [0.15, 0.2) is 24.4 Å². The van der Waals surface area contributed by atoms with Gasteiger partial charge < -0.3 is 4.98 Å². The van der Waals surface area contributed by atoms with Crippen molar-refractivity contribution in [2.45, 2.75) is 6.18 Å². The van der Waals surface area contributed by atoms with Crippen molar-refractivity contribution in [1.29, 1.82) is 0 Å². The third-order valence-corrected chi connectivity index (χ3v) is 3.10. The third kappa shape index (κ3) is 2.30. The van der Waals surface area contributed by atoms with Crippen LogP contribution in [0.3, 0.4) is 0 Å². The Morgan fingerprint density at radius 2 is 2.06 bits per heavy atom. The lowest BCUT2D eigenvalue weighted by Gasteiger charge is -1.99. The van der Waals surface area contributed by atoms with Crippen LogP contribution in [0.5, 0.6) is 0 Å². The Kier molecular flexibility index (Phi) is 2.81. The Labute approximate surface area is 97.8 Å². The standard InChI is InChI=1S/C9H5F3N2S2/c10-9(11,12)8-13-4-6(16-8)5-2-1-3-7(15)14-5/h1-4H,(H,14,15). The van der Waals surface area contributed by atoms with E-state index in [4.69, 9.17) is 12.2 Å². The van der Waals surface area contributed by atoms with Gasteiger partial charge in [-0.25, -0.2) is 4.98 Å². The number of hydrogen-bond donors (Lipinski definition) is 1. The average molecular weight is 262 g/mol. The zero-order valence-corrected chi connectivity index (χ0v) is 9.34. The summed E-state index contributed by atoms with van der Waals surface area (Å²) in [7, 11) is 0. The highest BCUT2D eigenvalue weighted by atomic mass is 32.1. The average Bonchev–Trinajstić information content (AvgIpc) is 2.65. The van der Waals surface area contributed by atoms with Gasteiger partial charge in [0.2, 0.25) is 0 Å². The number of rotatable bonds is 1. The lowest BCUT2D eigenvalue weighted by Crippen LogP contribution is -2.02. The van der Waals surface area contributed by atoms with Crippen LogP contribution in [0.25, 0.3) is 10.6 Å². The van der Waals surface area contributed by atoms with E-state index in [0.29, 0.717) is 26.5 Å². The van der Waals surface area contributed by atoms with E-state index < -0.39 is 11.2 Å². The van der Waals surface area contributed by atoms with Gasteiger partial charge in [0.25, 0.3) is 0 Å². The maximum absolute atomic E-state index is 12.3. The van der Waals surface area contributed by atoms with Gasteiger partial charge in [-0.15, -0.1) is 11.3 Å². The fraction of sp³-hybridized carbons (Fsp3) is 0.111. The number of halogens is 3. The lowest BCUT2D eigenvalue weighted by molar-refractivity contribution is -0.137. The molecule has 2 heterocycles. The minimum absolute atomic E-state index is 0.416. The van der Waals surface area contributed by atoms with Crippen molar-refractivity contribution >= 4 is 23.6 Å². The molecule has 0 amide bonds. The van der Waals surface area contributed by atoms with Crippen LogP contribution in [-0.4, -0.2) is 9.97 Å². The summed E-state index contributed by atoms with van der Waals surface area (Å²) in [6.07, 6.45) is -3.21. The summed E-state index contributed by atoms with van der Waals surface area (Å²) in [5, 5.41) is -0.856. The first-order valence-corrected chi connectivity index (χ1v) is 5.42. The number of aromatic amines is 1. The Morgan fingerprint density at radius 3 is 2.62 bits per heavy atom. The molecule has 0 aliphatic heterocycles. The molecule has 2 aromatic rings.